The van der Waals surface area contributed by atoms with E-state index in [0.29, 0.717) is 6.07 Å². The predicted octanol–water partition coefficient (Wildman–Crippen LogP) is 5.45. The van der Waals surface area contributed by atoms with E-state index in [1.807, 2.05) is 0 Å². The van der Waals surface area contributed by atoms with Gasteiger partial charge in [-0.05, 0) is 62.4 Å². The van der Waals surface area contributed by atoms with Crippen molar-refractivity contribution in [2.75, 3.05) is 13.6 Å². The number of hydrogen-bond donors (Lipinski definition) is 0. The van der Waals surface area contributed by atoms with Gasteiger partial charge in [-0.25, -0.2) is 23.6 Å². The van der Waals surface area contributed by atoms with Gasteiger partial charge in [0.25, 0.3) is 0 Å². The number of carbonyl (C=O) groups excluding carboxylic acids is 4. The molecule has 0 spiro atoms. The van der Waals surface area contributed by atoms with Gasteiger partial charge in [-0.15, -0.1) is 0 Å². The van der Waals surface area contributed by atoms with E-state index in [1.165, 1.54) is 62.4 Å². The van der Waals surface area contributed by atoms with Crippen molar-refractivity contribution >= 4 is 23.9 Å². The molecule has 3 rings (SSSR count). The van der Waals surface area contributed by atoms with Crippen LogP contribution in [0.25, 0.3) is 0 Å². The minimum atomic E-state index is -1.91. The topological polar surface area (TPSA) is 124 Å². The Labute approximate surface area is 242 Å². The van der Waals surface area contributed by atoms with Crippen molar-refractivity contribution in [1.82, 2.24) is 0 Å². The molecule has 13 heteroatoms. The Morgan fingerprint density at radius 1 is 0.651 bits per heavy atom. The van der Waals surface area contributed by atoms with E-state index < -0.39 is 66.4 Å². The van der Waals surface area contributed by atoms with Gasteiger partial charge >= 0.3 is 23.9 Å². The normalized spacial score (nSPS) is 10.3. The SMILES string of the molecule is C=C(C)C(=O)OCOc1ccc(C(=O)Oc2cc(F)c(OC(=O)c3ccc(OCOC(=O)C(=C)C)cc3)c(F)c2F)cc1. The molecule has 0 aliphatic rings. The highest BCUT2D eigenvalue weighted by Crippen LogP contribution is 2.32. The monoisotopic (exact) mass is 600 g/mol. The van der Waals surface area contributed by atoms with Crippen LogP contribution in [-0.4, -0.2) is 37.5 Å². The van der Waals surface area contributed by atoms with Crippen molar-refractivity contribution < 1.29 is 60.8 Å². The van der Waals surface area contributed by atoms with Gasteiger partial charge in [0.05, 0.1) is 11.1 Å². The Morgan fingerprint density at radius 2 is 1.07 bits per heavy atom. The predicted molar refractivity (Wildman–Crippen MR) is 142 cm³/mol. The van der Waals surface area contributed by atoms with Crippen LogP contribution in [-0.2, 0) is 19.1 Å². The maximum atomic E-state index is 14.6. The fraction of sp³-hybridized carbons (Fsp3) is 0.133. The number of benzene rings is 3. The highest BCUT2D eigenvalue weighted by atomic mass is 19.2. The fourth-order valence-corrected chi connectivity index (χ4v) is 2.96. The Morgan fingerprint density at radius 3 is 1.49 bits per heavy atom. The van der Waals surface area contributed by atoms with Gasteiger partial charge in [0.15, 0.2) is 11.6 Å². The van der Waals surface area contributed by atoms with Crippen LogP contribution >= 0.6 is 0 Å². The minimum absolute atomic E-state index is 0.136. The van der Waals surface area contributed by atoms with E-state index in [1.54, 1.807) is 0 Å². The first kappa shape index (κ1) is 31.9. The molecule has 0 amide bonds. The van der Waals surface area contributed by atoms with Crippen molar-refractivity contribution in [2.45, 2.75) is 13.8 Å². The highest BCUT2D eigenvalue weighted by Gasteiger charge is 2.26. The summed E-state index contributed by atoms with van der Waals surface area (Å²) in [6, 6.07) is 10.3. The molecule has 3 aromatic rings. The standard InChI is InChI=1S/C30H23F3O10/c1-16(2)27(34)40-14-38-20-9-5-18(6-10-20)29(36)42-23-13-22(31)26(25(33)24(23)32)43-30(37)19-7-11-21(12-8-19)39-15-41-28(35)17(3)4/h5-13H,1,3,14-15H2,2,4H3. The lowest BCUT2D eigenvalue weighted by Gasteiger charge is -2.12. The maximum absolute atomic E-state index is 14.6. The van der Waals surface area contributed by atoms with Gasteiger partial charge in [-0.3, -0.25) is 0 Å². The summed E-state index contributed by atoms with van der Waals surface area (Å²) in [4.78, 5) is 47.5. The lowest BCUT2D eigenvalue weighted by atomic mass is 10.2. The van der Waals surface area contributed by atoms with Crippen LogP contribution in [0.2, 0.25) is 0 Å². The molecule has 0 aliphatic carbocycles. The molecule has 0 N–H and O–H groups in total. The van der Waals surface area contributed by atoms with Crippen molar-refractivity contribution in [3.63, 3.8) is 0 Å². The van der Waals surface area contributed by atoms with Crippen molar-refractivity contribution in [2.24, 2.45) is 0 Å². The number of carbonyl (C=O) groups is 4. The number of esters is 4. The molecule has 3 aromatic carbocycles. The summed E-state index contributed by atoms with van der Waals surface area (Å²) in [6.45, 7) is 8.88. The second kappa shape index (κ2) is 14.3. The molecule has 224 valence electrons. The van der Waals surface area contributed by atoms with Crippen LogP contribution in [0.5, 0.6) is 23.0 Å². The summed E-state index contributed by atoms with van der Waals surface area (Å²) in [7, 11) is 0. The molecule has 43 heavy (non-hydrogen) atoms. The van der Waals surface area contributed by atoms with Gasteiger partial charge in [0, 0.05) is 17.2 Å². The van der Waals surface area contributed by atoms with E-state index >= 15 is 0 Å². The summed E-state index contributed by atoms with van der Waals surface area (Å²) in [5.74, 6) is -11.0. The molecule has 0 aliphatic heterocycles. The maximum Gasteiger partial charge on any atom is 0.343 e. The Balaban J connectivity index is 1.61. The minimum Gasteiger partial charge on any atom is -0.457 e. The lowest BCUT2D eigenvalue weighted by Crippen LogP contribution is -2.14. The molecule has 0 saturated heterocycles. The Bertz CT molecular complexity index is 1560. The summed E-state index contributed by atoms with van der Waals surface area (Å²) in [6.07, 6.45) is 0. The molecule has 0 radical (unpaired) electrons. The summed E-state index contributed by atoms with van der Waals surface area (Å²) < 4.78 is 73.3. The Kier molecular flexibility index (Phi) is 10.7. The van der Waals surface area contributed by atoms with Crippen molar-refractivity contribution in [3.8, 4) is 23.0 Å². The van der Waals surface area contributed by atoms with Crippen LogP contribution in [0.15, 0.2) is 78.9 Å². The molecule has 0 saturated carbocycles. The van der Waals surface area contributed by atoms with Crippen LogP contribution < -0.4 is 18.9 Å². The average Bonchev–Trinajstić information content (AvgIpc) is 2.98. The molecule has 0 atom stereocenters. The smallest absolute Gasteiger partial charge is 0.343 e. The van der Waals surface area contributed by atoms with E-state index in [0.717, 1.165) is 0 Å². The second-order valence-electron chi connectivity index (χ2n) is 8.59. The zero-order valence-corrected chi connectivity index (χ0v) is 22.7. The second-order valence-corrected chi connectivity index (χ2v) is 8.59. The van der Waals surface area contributed by atoms with Gasteiger partial charge in [0.1, 0.15) is 11.5 Å². The largest absolute Gasteiger partial charge is 0.457 e. The summed E-state index contributed by atoms with van der Waals surface area (Å²) in [5, 5.41) is 0. The van der Waals surface area contributed by atoms with Crippen molar-refractivity contribution in [1.29, 1.82) is 0 Å². The van der Waals surface area contributed by atoms with E-state index in [-0.39, 0.29) is 33.8 Å². The first-order valence-corrected chi connectivity index (χ1v) is 12.1. The Hall–Kier alpha value is -5.59. The van der Waals surface area contributed by atoms with Crippen LogP contribution in [0.3, 0.4) is 0 Å². The molecule has 0 fully saturated rings. The first-order chi connectivity index (χ1) is 20.4. The van der Waals surface area contributed by atoms with E-state index in [4.69, 9.17) is 28.4 Å². The number of hydrogen-bond acceptors (Lipinski definition) is 10. The average molecular weight is 600 g/mol. The van der Waals surface area contributed by atoms with Gasteiger partial charge in [0.2, 0.25) is 31.0 Å². The zero-order chi connectivity index (χ0) is 31.7. The number of rotatable bonds is 12. The molecular weight excluding hydrogens is 577 g/mol. The third-order valence-corrected chi connectivity index (χ3v) is 5.19. The first-order valence-electron chi connectivity index (χ1n) is 12.1. The molecule has 0 aromatic heterocycles. The van der Waals surface area contributed by atoms with Gasteiger partial charge in [-0.2, -0.15) is 8.78 Å². The summed E-state index contributed by atoms with van der Waals surface area (Å²) >= 11 is 0. The third kappa shape index (κ3) is 8.70. The van der Waals surface area contributed by atoms with Crippen LogP contribution in [0, 0.1) is 17.5 Å². The van der Waals surface area contributed by atoms with Crippen LogP contribution in [0.4, 0.5) is 13.2 Å². The molecule has 0 heterocycles. The van der Waals surface area contributed by atoms with Crippen LogP contribution in [0.1, 0.15) is 34.6 Å². The van der Waals surface area contributed by atoms with Gasteiger partial charge in [-0.1, -0.05) is 13.2 Å². The fourth-order valence-electron chi connectivity index (χ4n) is 2.96. The molecule has 0 bridgehead atoms. The van der Waals surface area contributed by atoms with Crippen molar-refractivity contribution in [3.05, 3.63) is 107 Å². The number of halogens is 3. The lowest BCUT2D eigenvalue weighted by molar-refractivity contribution is -0.146. The molecule has 0 unspecified atom stereocenters. The highest BCUT2D eigenvalue weighted by molar-refractivity contribution is 5.92. The summed E-state index contributed by atoms with van der Waals surface area (Å²) in [5.41, 5.74) is 0.0280. The zero-order valence-electron chi connectivity index (χ0n) is 22.7. The molecular formula is C30H23F3O10. The number of ether oxygens (including phenoxy) is 6. The van der Waals surface area contributed by atoms with E-state index in [2.05, 4.69) is 13.2 Å². The van der Waals surface area contributed by atoms with Gasteiger partial charge < -0.3 is 28.4 Å². The molecule has 10 nitrogen and oxygen atoms in total. The van der Waals surface area contributed by atoms with E-state index in [9.17, 15) is 32.3 Å². The quantitative estimate of drug-likeness (QED) is 0.0871. The third-order valence-electron chi connectivity index (χ3n) is 5.19.